The first-order chi connectivity index (χ1) is 12.4. The second-order valence-electron chi connectivity index (χ2n) is 5.86. The standard InChI is InChI=1S/C19H18F3N3O/c20-19(21,22)15-6-2-4-8-17(15)25-12-18(26)23-10-9-13-11-24-16-7-3-1-5-14(13)16/h1-8,11,24-25H,9-10,12H2,(H,23,26). The molecule has 0 fully saturated rings. The van der Waals surface area contributed by atoms with Crippen LogP contribution in [-0.2, 0) is 17.4 Å². The minimum atomic E-state index is -4.46. The summed E-state index contributed by atoms with van der Waals surface area (Å²) in [6.45, 7) is 0.185. The zero-order valence-electron chi connectivity index (χ0n) is 13.9. The maximum absolute atomic E-state index is 12.9. The number of anilines is 1. The number of hydrogen-bond donors (Lipinski definition) is 3. The summed E-state index contributed by atoms with van der Waals surface area (Å²) < 4.78 is 38.8. The van der Waals surface area contributed by atoms with Crippen molar-refractivity contribution in [3.05, 3.63) is 65.9 Å². The number of rotatable bonds is 6. The highest BCUT2D eigenvalue weighted by molar-refractivity contribution is 5.83. The van der Waals surface area contributed by atoms with E-state index in [4.69, 9.17) is 0 Å². The van der Waals surface area contributed by atoms with Gasteiger partial charge in [-0.05, 0) is 30.2 Å². The maximum atomic E-state index is 12.9. The molecule has 0 saturated heterocycles. The Morgan fingerprint density at radius 1 is 1.04 bits per heavy atom. The molecule has 0 aliphatic carbocycles. The van der Waals surface area contributed by atoms with Crippen molar-refractivity contribution < 1.29 is 18.0 Å². The lowest BCUT2D eigenvalue weighted by atomic mass is 10.1. The number of carbonyl (C=O) groups is 1. The molecule has 3 rings (SSSR count). The van der Waals surface area contributed by atoms with E-state index in [0.717, 1.165) is 22.5 Å². The normalized spacial score (nSPS) is 11.5. The van der Waals surface area contributed by atoms with Gasteiger partial charge in [-0.3, -0.25) is 4.79 Å². The molecule has 0 radical (unpaired) electrons. The van der Waals surface area contributed by atoms with E-state index in [9.17, 15) is 18.0 Å². The monoisotopic (exact) mass is 361 g/mol. The van der Waals surface area contributed by atoms with Crippen LogP contribution in [0.25, 0.3) is 10.9 Å². The van der Waals surface area contributed by atoms with Crippen LogP contribution in [0.1, 0.15) is 11.1 Å². The maximum Gasteiger partial charge on any atom is 0.418 e. The smallest absolute Gasteiger partial charge is 0.376 e. The summed E-state index contributed by atoms with van der Waals surface area (Å²) in [5.74, 6) is -0.359. The second-order valence-corrected chi connectivity index (χ2v) is 5.86. The van der Waals surface area contributed by atoms with Crippen LogP contribution >= 0.6 is 0 Å². The van der Waals surface area contributed by atoms with E-state index in [1.165, 1.54) is 18.2 Å². The molecule has 136 valence electrons. The summed E-state index contributed by atoms with van der Waals surface area (Å²) in [6.07, 6.45) is -1.93. The molecular weight excluding hydrogens is 343 g/mol. The lowest BCUT2D eigenvalue weighted by Crippen LogP contribution is -2.31. The van der Waals surface area contributed by atoms with E-state index in [1.54, 1.807) is 0 Å². The summed E-state index contributed by atoms with van der Waals surface area (Å²) in [4.78, 5) is 15.1. The van der Waals surface area contributed by atoms with Crippen molar-refractivity contribution >= 4 is 22.5 Å². The Hall–Kier alpha value is -2.96. The highest BCUT2D eigenvalue weighted by Gasteiger charge is 2.33. The number of hydrogen-bond acceptors (Lipinski definition) is 2. The van der Waals surface area contributed by atoms with Gasteiger partial charge in [-0.2, -0.15) is 13.2 Å². The molecule has 3 aromatic rings. The number of nitrogens with one attached hydrogen (secondary N) is 3. The van der Waals surface area contributed by atoms with Crippen LogP contribution in [0.3, 0.4) is 0 Å². The largest absolute Gasteiger partial charge is 0.418 e. The van der Waals surface area contributed by atoms with Crippen molar-refractivity contribution in [3.63, 3.8) is 0 Å². The number of aromatic nitrogens is 1. The van der Waals surface area contributed by atoms with Crippen LogP contribution in [0, 0.1) is 0 Å². The van der Waals surface area contributed by atoms with Crippen LogP contribution in [-0.4, -0.2) is 24.0 Å². The van der Waals surface area contributed by atoms with E-state index in [0.29, 0.717) is 13.0 Å². The number of fused-ring (bicyclic) bond motifs is 1. The molecule has 0 unspecified atom stereocenters. The van der Waals surface area contributed by atoms with Gasteiger partial charge < -0.3 is 15.6 Å². The van der Waals surface area contributed by atoms with Gasteiger partial charge in [0.1, 0.15) is 0 Å². The lowest BCUT2D eigenvalue weighted by molar-refractivity contribution is -0.137. The van der Waals surface area contributed by atoms with Crippen molar-refractivity contribution in [2.45, 2.75) is 12.6 Å². The van der Waals surface area contributed by atoms with Gasteiger partial charge in [-0.1, -0.05) is 30.3 Å². The Morgan fingerprint density at radius 2 is 1.77 bits per heavy atom. The summed E-state index contributed by atoms with van der Waals surface area (Å²) in [5, 5.41) is 6.37. The molecule has 26 heavy (non-hydrogen) atoms. The molecule has 4 nitrogen and oxygen atoms in total. The molecule has 0 atom stereocenters. The zero-order valence-corrected chi connectivity index (χ0v) is 13.9. The number of H-pyrrole nitrogens is 1. The SMILES string of the molecule is O=C(CNc1ccccc1C(F)(F)F)NCCc1c[nH]c2ccccc12. The predicted molar refractivity (Wildman–Crippen MR) is 94.9 cm³/mol. The molecule has 0 bridgehead atoms. The topological polar surface area (TPSA) is 56.9 Å². The lowest BCUT2D eigenvalue weighted by Gasteiger charge is -2.14. The van der Waals surface area contributed by atoms with Crippen LogP contribution in [0.4, 0.5) is 18.9 Å². The van der Waals surface area contributed by atoms with Gasteiger partial charge in [-0.25, -0.2) is 0 Å². The molecule has 3 N–H and O–H groups in total. The molecule has 0 aliphatic heterocycles. The number of para-hydroxylation sites is 2. The fourth-order valence-corrected chi connectivity index (χ4v) is 2.80. The zero-order chi connectivity index (χ0) is 18.6. The first-order valence-corrected chi connectivity index (χ1v) is 8.17. The molecule has 0 aliphatic rings. The number of aromatic amines is 1. The van der Waals surface area contributed by atoms with Gasteiger partial charge in [0.05, 0.1) is 12.1 Å². The summed E-state index contributed by atoms with van der Waals surface area (Å²) >= 11 is 0. The fourth-order valence-electron chi connectivity index (χ4n) is 2.80. The van der Waals surface area contributed by atoms with Crippen molar-refractivity contribution in [2.24, 2.45) is 0 Å². The minimum absolute atomic E-state index is 0.105. The Kier molecular flexibility index (Phi) is 5.16. The van der Waals surface area contributed by atoms with Gasteiger partial charge in [0.25, 0.3) is 0 Å². The van der Waals surface area contributed by atoms with E-state index in [2.05, 4.69) is 15.6 Å². The molecule has 7 heteroatoms. The van der Waals surface area contributed by atoms with Crippen LogP contribution in [0.15, 0.2) is 54.7 Å². The first-order valence-electron chi connectivity index (χ1n) is 8.17. The third-order valence-electron chi connectivity index (χ3n) is 4.06. The molecule has 2 aromatic carbocycles. The number of carbonyl (C=O) groups excluding carboxylic acids is 1. The molecule has 1 heterocycles. The van der Waals surface area contributed by atoms with Crippen molar-refractivity contribution in [2.75, 3.05) is 18.4 Å². The van der Waals surface area contributed by atoms with Crippen molar-refractivity contribution in [1.29, 1.82) is 0 Å². The third-order valence-corrected chi connectivity index (χ3v) is 4.06. The number of benzene rings is 2. The highest BCUT2D eigenvalue weighted by atomic mass is 19.4. The van der Waals surface area contributed by atoms with Crippen molar-refractivity contribution in [1.82, 2.24) is 10.3 Å². The third kappa shape index (κ3) is 4.17. The van der Waals surface area contributed by atoms with Crippen LogP contribution < -0.4 is 10.6 Å². The van der Waals surface area contributed by atoms with E-state index < -0.39 is 11.7 Å². The number of alkyl halides is 3. The number of halogens is 3. The second kappa shape index (κ2) is 7.51. The highest BCUT2D eigenvalue weighted by Crippen LogP contribution is 2.34. The fraction of sp³-hybridized carbons (Fsp3) is 0.211. The van der Waals surface area contributed by atoms with E-state index >= 15 is 0 Å². The molecule has 1 amide bonds. The van der Waals surface area contributed by atoms with Gasteiger partial charge >= 0.3 is 6.18 Å². The van der Waals surface area contributed by atoms with E-state index in [-0.39, 0.29) is 18.1 Å². The van der Waals surface area contributed by atoms with Gasteiger partial charge in [0, 0.05) is 29.3 Å². The number of amides is 1. The average Bonchev–Trinajstić information content (AvgIpc) is 3.03. The summed E-state index contributed by atoms with van der Waals surface area (Å²) in [7, 11) is 0. The summed E-state index contributed by atoms with van der Waals surface area (Å²) in [6, 6.07) is 13.0. The molecular formula is C19H18F3N3O. The van der Waals surface area contributed by atoms with Crippen LogP contribution in [0.5, 0.6) is 0 Å². The van der Waals surface area contributed by atoms with Crippen LogP contribution in [0.2, 0.25) is 0 Å². The minimum Gasteiger partial charge on any atom is -0.376 e. The van der Waals surface area contributed by atoms with Gasteiger partial charge in [0.2, 0.25) is 5.91 Å². The quantitative estimate of drug-likeness (QED) is 0.623. The molecule has 0 saturated carbocycles. The average molecular weight is 361 g/mol. The van der Waals surface area contributed by atoms with Gasteiger partial charge in [0.15, 0.2) is 0 Å². The molecule has 0 spiro atoms. The Bertz CT molecular complexity index is 902. The van der Waals surface area contributed by atoms with E-state index in [1.807, 2.05) is 30.5 Å². The van der Waals surface area contributed by atoms with Gasteiger partial charge in [-0.15, -0.1) is 0 Å². The Balaban J connectivity index is 1.51. The Morgan fingerprint density at radius 3 is 2.58 bits per heavy atom. The molecule has 1 aromatic heterocycles. The summed E-state index contributed by atoms with van der Waals surface area (Å²) in [5.41, 5.74) is 1.22. The Labute approximate surface area is 148 Å². The van der Waals surface area contributed by atoms with Crippen molar-refractivity contribution in [3.8, 4) is 0 Å². The predicted octanol–water partition coefficient (Wildman–Crippen LogP) is 3.96. The first kappa shape index (κ1) is 17.8.